The highest BCUT2D eigenvalue weighted by Crippen LogP contribution is 2.32. The van der Waals surface area contributed by atoms with Crippen LogP contribution in [0.2, 0.25) is 5.02 Å². The summed E-state index contributed by atoms with van der Waals surface area (Å²) in [6, 6.07) is 11.2. The van der Waals surface area contributed by atoms with Gasteiger partial charge in [-0.15, -0.1) is 0 Å². The molecular weight excluding hydrogens is 342 g/mol. The van der Waals surface area contributed by atoms with Crippen LogP contribution in [0.3, 0.4) is 0 Å². The molecule has 2 aromatic carbocycles. The number of likely N-dealkylation sites (N-methyl/N-ethyl adjacent to an activating group) is 1. The lowest BCUT2D eigenvalue weighted by Gasteiger charge is -2.15. The predicted molar refractivity (Wildman–Crippen MR) is 102 cm³/mol. The first-order valence-corrected chi connectivity index (χ1v) is 8.77. The average Bonchev–Trinajstić information content (AvgIpc) is 3.00. The number of carbonyl (C=O) groups is 1. The van der Waals surface area contributed by atoms with Crippen molar-refractivity contribution in [3.8, 4) is 0 Å². The van der Waals surface area contributed by atoms with Crippen LogP contribution >= 0.6 is 22.9 Å². The zero-order valence-corrected chi connectivity index (χ0v) is 15.3. The Morgan fingerprint density at radius 1 is 1.17 bits per heavy atom. The van der Waals surface area contributed by atoms with Gasteiger partial charge in [-0.2, -0.15) is 0 Å². The number of aryl methyl sites for hydroxylation is 2. The maximum absolute atomic E-state index is 12.2. The summed E-state index contributed by atoms with van der Waals surface area (Å²) in [5.41, 5.74) is 4.10. The first kappa shape index (κ1) is 16.7. The molecule has 0 saturated carbocycles. The van der Waals surface area contributed by atoms with Crippen molar-refractivity contribution in [2.75, 3.05) is 23.8 Å². The van der Waals surface area contributed by atoms with Gasteiger partial charge in [0.05, 0.1) is 16.8 Å². The number of fused-ring (bicyclic) bond motifs is 1. The van der Waals surface area contributed by atoms with Crippen LogP contribution in [-0.4, -0.2) is 24.5 Å². The fourth-order valence-electron chi connectivity index (χ4n) is 2.43. The minimum Gasteiger partial charge on any atom is -0.342 e. The minimum atomic E-state index is -0.0903. The number of aromatic nitrogens is 1. The molecule has 0 unspecified atom stereocenters. The summed E-state index contributed by atoms with van der Waals surface area (Å²) in [6.45, 7) is 4.37. The molecule has 0 aliphatic heterocycles. The number of amides is 1. The van der Waals surface area contributed by atoms with Crippen molar-refractivity contribution in [2.45, 2.75) is 13.8 Å². The van der Waals surface area contributed by atoms with E-state index in [1.54, 1.807) is 35.6 Å². The van der Waals surface area contributed by atoms with Crippen LogP contribution in [0.1, 0.15) is 11.1 Å². The highest BCUT2D eigenvalue weighted by molar-refractivity contribution is 7.22. The van der Waals surface area contributed by atoms with E-state index < -0.39 is 0 Å². The van der Waals surface area contributed by atoms with Crippen LogP contribution in [0, 0.1) is 13.8 Å². The summed E-state index contributed by atoms with van der Waals surface area (Å²) in [4.78, 5) is 18.8. The zero-order chi connectivity index (χ0) is 17.3. The molecular formula is C18H18ClN3OS. The number of nitrogens with one attached hydrogen (secondary N) is 1. The first-order valence-electron chi connectivity index (χ1n) is 7.57. The summed E-state index contributed by atoms with van der Waals surface area (Å²) in [7, 11) is 1.88. The van der Waals surface area contributed by atoms with Gasteiger partial charge in [0.25, 0.3) is 0 Å². The minimum absolute atomic E-state index is 0.0903. The van der Waals surface area contributed by atoms with Crippen molar-refractivity contribution in [3.05, 3.63) is 52.5 Å². The first-order chi connectivity index (χ1) is 11.4. The molecule has 3 rings (SSSR count). The molecule has 0 atom stereocenters. The number of anilines is 2. The van der Waals surface area contributed by atoms with Crippen LogP contribution in [-0.2, 0) is 4.79 Å². The Bertz CT molecular complexity index is 850. The lowest BCUT2D eigenvalue weighted by molar-refractivity contribution is -0.114. The maximum Gasteiger partial charge on any atom is 0.243 e. The third-order valence-corrected chi connectivity index (χ3v) is 5.32. The molecule has 124 valence electrons. The Hall–Kier alpha value is -2.11. The summed E-state index contributed by atoms with van der Waals surface area (Å²) >= 11 is 7.46. The van der Waals surface area contributed by atoms with Gasteiger partial charge < -0.3 is 10.2 Å². The van der Waals surface area contributed by atoms with Gasteiger partial charge in [-0.25, -0.2) is 4.98 Å². The molecule has 24 heavy (non-hydrogen) atoms. The van der Waals surface area contributed by atoms with Crippen LogP contribution < -0.4 is 10.2 Å². The van der Waals surface area contributed by atoms with E-state index in [9.17, 15) is 4.79 Å². The van der Waals surface area contributed by atoms with Crippen molar-refractivity contribution in [2.24, 2.45) is 0 Å². The van der Waals surface area contributed by atoms with Gasteiger partial charge in [0.1, 0.15) is 0 Å². The van der Waals surface area contributed by atoms with Crippen LogP contribution in [0.5, 0.6) is 0 Å². The van der Waals surface area contributed by atoms with Crippen LogP contribution in [0.4, 0.5) is 10.8 Å². The van der Waals surface area contributed by atoms with Crippen LogP contribution in [0.15, 0.2) is 36.4 Å². The second-order valence-electron chi connectivity index (χ2n) is 5.78. The highest BCUT2D eigenvalue weighted by atomic mass is 35.5. The number of hydrogen-bond donors (Lipinski definition) is 1. The van der Waals surface area contributed by atoms with Gasteiger partial charge in [-0.05, 0) is 49.2 Å². The van der Waals surface area contributed by atoms with Crippen molar-refractivity contribution in [1.82, 2.24) is 4.98 Å². The van der Waals surface area contributed by atoms with Gasteiger partial charge in [0.15, 0.2) is 5.13 Å². The standard InChI is InChI=1S/C18H18ClN3OS/c1-11-4-5-12(2)17-16(11)21-18(24-17)22(3)10-15(23)20-14-8-6-13(19)7-9-14/h4-9H,10H2,1-3H3,(H,20,23). The lowest BCUT2D eigenvalue weighted by Crippen LogP contribution is -2.29. The fraction of sp³-hybridized carbons (Fsp3) is 0.222. The highest BCUT2D eigenvalue weighted by Gasteiger charge is 2.14. The predicted octanol–water partition coefficient (Wildman–Crippen LogP) is 4.64. The van der Waals surface area contributed by atoms with Crippen molar-refractivity contribution in [1.29, 1.82) is 0 Å². The Morgan fingerprint density at radius 2 is 1.83 bits per heavy atom. The third kappa shape index (κ3) is 3.52. The SMILES string of the molecule is Cc1ccc(C)c2sc(N(C)CC(=O)Nc3ccc(Cl)cc3)nc12. The molecule has 1 N–H and O–H groups in total. The maximum atomic E-state index is 12.2. The van der Waals surface area contributed by atoms with E-state index in [-0.39, 0.29) is 12.5 Å². The van der Waals surface area contributed by atoms with E-state index in [0.717, 1.165) is 21.9 Å². The van der Waals surface area contributed by atoms with E-state index in [1.807, 2.05) is 11.9 Å². The molecule has 6 heteroatoms. The number of nitrogens with zero attached hydrogens (tertiary/aromatic N) is 2. The normalized spacial score (nSPS) is 10.8. The second kappa shape index (κ2) is 6.79. The molecule has 4 nitrogen and oxygen atoms in total. The number of hydrogen-bond acceptors (Lipinski definition) is 4. The van der Waals surface area contributed by atoms with Crippen molar-refractivity contribution >= 4 is 49.9 Å². The van der Waals surface area contributed by atoms with Gasteiger partial charge in [-0.3, -0.25) is 4.79 Å². The number of thiazole rings is 1. The molecule has 0 bridgehead atoms. The summed E-state index contributed by atoms with van der Waals surface area (Å²) in [6.07, 6.45) is 0. The van der Waals surface area contributed by atoms with Gasteiger partial charge >= 0.3 is 0 Å². The Labute approximate surface area is 150 Å². The topological polar surface area (TPSA) is 45.2 Å². The Kier molecular flexibility index (Phi) is 4.73. The molecule has 0 aliphatic rings. The molecule has 0 fully saturated rings. The zero-order valence-electron chi connectivity index (χ0n) is 13.8. The molecule has 1 heterocycles. The van der Waals surface area contributed by atoms with E-state index in [2.05, 4.69) is 31.3 Å². The van der Waals surface area contributed by atoms with E-state index >= 15 is 0 Å². The molecule has 0 saturated heterocycles. The quantitative estimate of drug-likeness (QED) is 0.738. The number of rotatable bonds is 4. The smallest absolute Gasteiger partial charge is 0.243 e. The largest absolute Gasteiger partial charge is 0.342 e. The number of halogens is 1. The van der Waals surface area contributed by atoms with Gasteiger partial charge in [0, 0.05) is 17.8 Å². The fourth-order valence-corrected chi connectivity index (χ4v) is 3.63. The Balaban J connectivity index is 1.73. The summed E-state index contributed by atoms with van der Waals surface area (Å²) in [5.74, 6) is -0.0903. The van der Waals surface area contributed by atoms with E-state index in [4.69, 9.17) is 16.6 Å². The molecule has 1 aromatic heterocycles. The molecule has 0 aliphatic carbocycles. The van der Waals surface area contributed by atoms with Crippen LogP contribution in [0.25, 0.3) is 10.2 Å². The third-order valence-electron chi connectivity index (χ3n) is 3.77. The van der Waals surface area contributed by atoms with E-state index in [0.29, 0.717) is 5.02 Å². The number of carbonyl (C=O) groups excluding carboxylic acids is 1. The summed E-state index contributed by atoms with van der Waals surface area (Å²) < 4.78 is 1.18. The second-order valence-corrected chi connectivity index (χ2v) is 7.20. The molecule has 1 amide bonds. The van der Waals surface area contributed by atoms with Crippen molar-refractivity contribution in [3.63, 3.8) is 0 Å². The van der Waals surface area contributed by atoms with E-state index in [1.165, 1.54) is 10.3 Å². The molecule has 0 spiro atoms. The Morgan fingerprint density at radius 3 is 2.50 bits per heavy atom. The van der Waals surface area contributed by atoms with Gasteiger partial charge in [-0.1, -0.05) is 35.1 Å². The number of benzene rings is 2. The molecule has 0 radical (unpaired) electrons. The van der Waals surface area contributed by atoms with Crippen molar-refractivity contribution < 1.29 is 4.79 Å². The lowest BCUT2D eigenvalue weighted by atomic mass is 10.1. The summed E-state index contributed by atoms with van der Waals surface area (Å²) in [5, 5.41) is 4.35. The monoisotopic (exact) mass is 359 g/mol. The molecule has 3 aromatic rings. The van der Waals surface area contributed by atoms with Gasteiger partial charge in [0.2, 0.25) is 5.91 Å². The average molecular weight is 360 g/mol.